The van der Waals surface area contributed by atoms with Crippen LogP contribution in [-0.2, 0) is 10.0 Å². The lowest BCUT2D eigenvalue weighted by Gasteiger charge is -2.10. The molecule has 0 bridgehead atoms. The Morgan fingerprint density at radius 2 is 1.43 bits per heavy atom. The van der Waals surface area contributed by atoms with Crippen LogP contribution in [0.3, 0.4) is 0 Å². The summed E-state index contributed by atoms with van der Waals surface area (Å²) in [6, 6.07) is 5.55. The average Bonchev–Trinajstić information content (AvgIpc) is 2.51. The van der Waals surface area contributed by atoms with Crippen molar-refractivity contribution in [3.63, 3.8) is 0 Å². The predicted molar refractivity (Wildman–Crippen MR) is 98.3 cm³/mol. The van der Waals surface area contributed by atoms with Gasteiger partial charge < -0.3 is 0 Å². The van der Waals surface area contributed by atoms with E-state index in [0.717, 1.165) is 24.0 Å². The summed E-state index contributed by atoms with van der Waals surface area (Å²) in [5.41, 5.74) is 1.77. The fraction of sp³-hybridized carbons (Fsp3) is 0.684. The Kier molecular flexibility index (Phi) is 9.49. The molecule has 0 amide bonds. The highest BCUT2D eigenvalue weighted by Crippen LogP contribution is 2.16. The van der Waals surface area contributed by atoms with Gasteiger partial charge in [0.15, 0.2) is 0 Å². The summed E-state index contributed by atoms with van der Waals surface area (Å²) < 4.78 is 27.4. The van der Waals surface area contributed by atoms with Gasteiger partial charge in [-0.3, -0.25) is 0 Å². The molecular formula is C19H33NO2S. The number of rotatable bonds is 12. The monoisotopic (exact) mass is 339 g/mol. The van der Waals surface area contributed by atoms with E-state index in [2.05, 4.69) is 11.6 Å². The van der Waals surface area contributed by atoms with Gasteiger partial charge >= 0.3 is 0 Å². The number of hydrogen-bond donors (Lipinski definition) is 1. The van der Waals surface area contributed by atoms with Crippen LogP contribution in [0.4, 0.5) is 0 Å². The van der Waals surface area contributed by atoms with Crippen molar-refractivity contribution >= 4 is 10.0 Å². The van der Waals surface area contributed by atoms with E-state index in [4.69, 9.17) is 0 Å². The van der Waals surface area contributed by atoms with Crippen LogP contribution in [0.5, 0.6) is 0 Å². The molecule has 0 atom stereocenters. The number of aryl methyl sites for hydroxylation is 2. The van der Waals surface area contributed by atoms with Crippen LogP contribution < -0.4 is 4.72 Å². The van der Waals surface area contributed by atoms with Crippen LogP contribution in [0.15, 0.2) is 23.1 Å². The Hall–Kier alpha value is -0.870. The first kappa shape index (κ1) is 20.2. The average molecular weight is 340 g/mol. The van der Waals surface area contributed by atoms with Crippen molar-refractivity contribution in [3.05, 3.63) is 29.3 Å². The molecule has 0 saturated heterocycles. The summed E-state index contributed by atoms with van der Waals surface area (Å²) in [5, 5.41) is 0. The molecule has 0 saturated carbocycles. The zero-order valence-electron chi connectivity index (χ0n) is 15.0. The highest BCUT2D eigenvalue weighted by atomic mass is 32.2. The molecule has 1 N–H and O–H groups in total. The minimum atomic E-state index is -3.37. The normalized spacial score (nSPS) is 11.8. The maximum absolute atomic E-state index is 12.3. The van der Waals surface area contributed by atoms with E-state index in [-0.39, 0.29) is 0 Å². The summed E-state index contributed by atoms with van der Waals surface area (Å²) in [4.78, 5) is 0.411. The Morgan fingerprint density at radius 1 is 0.870 bits per heavy atom. The summed E-state index contributed by atoms with van der Waals surface area (Å²) in [5.74, 6) is 0. The van der Waals surface area contributed by atoms with E-state index in [9.17, 15) is 8.42 Å². The molecule has 0 aliphatic heterocycles. The third-order valence-corrected chi connectivity index (χ3v) is 5.81. The van der Waals surface area contributed by atoms with Gasteiger partial charge in [0.1, 0.15) is 0 Å². The molecule has 0 spiro atoms. The largest absolute Gasteiger partial charge is 0.240 e. The maximum atomic E-state index is 12.3. The van der Waals surface area contributed by atoms with Crippen LogP contribution in [-0.4, -0.2) is 15.0 Å². The van der Waals surface area contributed by atoms with Crippen LogP contribution in [0, 0.1) is 13.8 Å². The molecule has 0 unspecified atom stereocenters. The molecule has 0 heterocycles. The van der Waals surface area contributed by atoms with Crippen LogP contribution >= 0.6 is 0 Å². The molecule has 0 radical (unpaired) electrons. The standard InChI is InChI=1S/C19H33NO2S/c1-4-5-6-7-8-9-10-11-12-15-20-23(21,22)19-16-17(2)13-14-18(19)3/h13-14,16,20H,4-12,15H2,1-3H3. The Labute approximate surface area is 142 Å². The summed E-state index contributed by atoms with van der Waals surface area (Å²) in [6.07, 6.45) is 11.1. The fourth-order valence-electron chi connectivity index (χ4n) is 2.72. The Balaban J connectivity index is 2.21. The van der Waals surface area contributed by atoms with Crippen LogP contribution in [0.1, 0.15) is 75.8 Å². The van der Waals surface area contributed by atoms with Gasteiger partial charge in [-0.2, -0.15) is 0 Å². The third-order valence-electron chi connectivity index (χ3n) is 4.21. The van der Waals surface area contributed by atoms with Gasteiger partial charge in [-0.15, -0.1) is 0 Å². The summed E-state index contributed by atoms with van der Waals surface area (Å²) in [6.45, 7) is 6.52. The quantitative estimate of drug-likeness (QED) is 0.538. The summed E-state index contributed by atoms with van der Waals surface area (Å²) >= 11 is 0. The SMILES string of the molecule is CCCCCCCCCCCNS(=O)(=O)c1cc(C)ccc1C. The van der Waals surface area contributed by atoms with Crippen molar-refractivity contribution in [2.24, 2.45) is 0 Å². The smallest absolute Gasteiger partial charge is 0.211 e. The van der Waals surface area contributed by atoms with Gasteiger partial charge in [0.05, 0.1) is 4.90 Å². The first-order chi connectivity index (χ1) is 11.0. The zero-order valence-corrected chi connectivity index (χ0v) is 15.8. The highest BCUT2D eigenvalue weighted by Gasteiger charge is 2.15. The molecule has 1 rings (SSSR count). The summed E-state index contributed by atoms with van der Waals surface area (Å²) in [7, 11) is -3.37. The minimum Gasteiger partial charge on any atom is -0.211 e. The molecule has 132 valence electrons. The van der Waals surface area contributed by atoms with Gasteiger partial charge in [-0.25, -0.2) is 13.1 Å². The molecule has 0 aliphatic rings. The second-order valence-corrected chi connectivity index (χ2v) is 8.23. The molecule has 0 aliphatic carbocycles. The van der Waals surface area contributed by atoms with Gasteiger partial charge in [0.25, 0.3) is 0 Å². The maximum Gasteiger partial charge on any atom is 0.240 e. The van der Waals surface area contributed by atoms with E-state index in [1.807, 2.05) is 26.0 Å². The molecule has 1 aromatic rings. The van der Waals surface area contributed by atoms with Crippen LogP contribution in [0.25, 0.3) is 0 Å². The second-order valence-electron chi connectivity index (χ2n) is 6.50. The van der Waals surface area contributed by atoms with Gasteiger partial charge in [-0.05, 0) is 37.5 Å². The van der Waals surface area contributed by atoms with Crippen molar-refractivity contribution in [1.29, 1.82) is 0 Å². The Morgan fingerprint density at radius 3 is 2.04 bits per heavy atom. The van der Waals surface area contributed by atoms with Gasteiger partial charge in [-0.1, -0.05) is 70.4 Å². The number of unbranched alkanes of at least 4 members (excludes halogenated alkanes) is 8. The molecule has 4 heteroatoms. The fourth-order valence-corrected chi connectivity index (χ4v) is 4.12. The van der Waals surface area contributed by atoms with E-state index in [0.29, 0.717) is 11.4 Å². The topological polar surface area (TPSA) is 46.2 Å². The first-order valence-corrected chi connectivity index (χ1v) is 10.5. The minimum absolute atomic E-state index is 0.411. The van der Waals surface area contributed by atoms with E-state index in [1.54, 1.807) is 6.07 Å². The lowest BCUT2D eigenvalue weighted by molar-refractivity contribution is 0.553. The highest BCUT2D eigenvalue weighted by molar-refractivity contribution is 7.89. The molecule has 0 aromatic heterocycles. The molecule has 23 heavy (non-hydrogen) atoms. The molecular weight excluding hydrogens is 306 g/mol. The molecule has 1 aromatic carbocycles. The predicted octanol–water partition coefficient (Wildman–Crippen LogP) is 5.11. The van der Waals surface area contributed by atoms with Gasteiger partial charge in [0.2, 0.25) is 10.0 Å². The zero-order chi connectivity index (χ0) is 17.1. The van der Waals surface area contributed by atoms with Crippen molar-refractivity contribution in [2.45, 2.75) is 83.5 Å². The Bertz CT molecular complexity index is 552. The third kappa shape index (κ3) is 7.98. The van der Waals surface area contributed by atoms with E-state index < -0.39 is 10.0 Å². The number of sulfonamides is 1. The van der Waals surface area contributed by atoms with Crippen molar-refractivity contribution in [1.82, 2.24) is 4.72 Å². The van der Waals surface area contributed by atoms with E-state index >= 15 is 0 Å². The lowest BCUT2D eigenvalue weighted by atomic mass is 10.1. The van der Waals surface area contributed by atoms with Crippen molar-refractivity contribution < 1.29 is 8.42 Å². The van der Waals surface area contributed by atoms with Gasteiger partial charge in [0, 0.05) is 6.54 Å². The van der Waals surface area contributed by atoms with Crippen LogP contribution in [0.2, 0.25) is 0 Å². The number of hydrogen-bond acceptors (Lipinski definition) is 2. The molecule has 0 fully saturated rings. The molecule has 3 nitrogen and oxygen atoms in total. The first-order valence-electron chi connectivity index (χ1n) is 9.04. The van der Waals surface area contributed by atoms with Crippen molar-refractivity contribution in [2.75, 3.05) is 6.54 Å². The second kappa shape index (κ2) is 10.8. The number of nitrogens with one attached hydrogen (secondary N) is 1. The van der Waals surface area contributed by atoms with E-state index in [1.165, 1.54) is 44.9 Å². The number of benzene rings is 1. The lowest BCUT2D eigenvalue weighted by Crippen LogP contribution is -2.25. The van der Waals surface area contributed by atoms with Crippen molar-refractivity contribution in [3.8, 4) is 0 Å².